The van der Waals surface area contributed by atoms with Gasteiger partial charge in [-0.3, -0.25) is 19.2 Å². The zero-order valence-electron chi connectivity index (χ0n) is 29.5. The minimum atomic E-state index is -1.06. The summed E-state index contributed by atoms with van der Waals surface area (Å²) in [6.07, 6.45) is 1.07. The average Bonchev–Trinajstić information content (AvgIpc) is 3.03. The van der Waals surface area contributed by atoms with Crippen LogP contribution in [0.2, 0.25) is 0 Å². The SMILES string of the molecule is CNC(=O)CCCN1C(=O)C(C)(C)Oc2cc(C)c(C(=O)OC)cc21.COC(=O)c1cc2c(cc1C)OC(C)(C)C(=O)N2CCCC(=O)O. The Labute approximate surface area is 285 Å². The molecule has 0 aliphatic carbocycles. The van der Waals surface area contributed by atoms with E-state index in [2.05, 4.69) is 5.32 Å². The number of carbonyl (C=O) groups is 6. The van der Waals surface area contributed by atoms with E-state index in [1.165, 1.54) is 19.1 Å². The first-order chi connectivity index (χ1) is 22.9. The van der Waals surface area contributed by atoms with Gasteiger partial charge >= 0.3 is 17.9 Å². The molecule has 0 spiro atoms. The molecule has 0 unspecified atom stereocenters. The number of hydrogen-bond donors (Lipinski definition) is 2. The van der Waals surface area contributed by atoms with Crippen molar-refractivity contribution in [3.8, 4) is 11.5 Å². The number of anilines is 2. The third-order valence-electron chi connectivity index (χ3n) is 8.09. The van der Waals surface area contributed by atoms with Crippen molar-refractivity contribution >= 4 is 47.0 Å². The molecule has 0 fully saturated rings. The summed E-state index contributed by atoms with van der Waals surface area (Å²) in [5.74, 6) is -1.44. The van der Waals surface area contributed by atoms with Crippen LogP contribution in [0.4, 0.5) is 11.4 Å². The maximum absolute atomic E-state index is 12.8. The van der Waals surface area contributed by atoms with Crippen LogP contribution < -0.4 is 24.6 Å². The highest BCUT2D eigenvalue weighted by Gasteiger charge is 2.42. The minimum Gasteiger partial charge on any atom is -0.481 e. The van der Waals surface area contributed by atoms with Crippen LogP contribution in [-0.4, -0.2) is 86.3 Å². The van der Waals surface area contributed by atoms with Crippen LogP contribution >= 0.6 is 0 Å². The van der Waals surface area contributed by atoms with Crippen molar-refractivity contribution in [1.82, 2.24) is 5.32 Å². The number of fused-ring (bicyclic) bond motifs is 2. The van der Waals surface area contributed by atoms with Gasteiger partial charge in [0.1, 0.15) is 11.5 Å². The Morgan fingerprint density at radius 1 is 0.735 bits per heavy atom. The maximum atomic E-state index is 12.8. The van der Waals surface area contributed by atoms with Gasteiger partial charge in [0, 0.05) is 33.0 Å². The molecule has 49 heavy (non-hydrogen) atoms. The fraction of sp³-hybridized carbons (Fsp3) is 0.486. The zero-order chi connectivity index (χ0) is 36.8. The summed E-state index contributed by atoms with van der Waals surface area (Å²) in [6, 6.07) is 6.61. The minimum absolute atomic E-state index is 0.0455. The summed E-state index contributed by atoms with van der Waals surface area (Å²) in [6.45, 7) is 10.9. The van der Waals surface area contributed by atoms with Crippen LogP contribution in [0, 0.1) is 13.8 Å². The van der Waals surface area contributed by atoms with Crippen molar-refractivity contribution in [3.63, 3.8) is 0 Å². The van der Waals surface area contributed by atoms with Gasteiger partial charge in [-0.05, 0) is 89.8 Å². The van der Waals surface area contributed by atoms with Gasteiger partial charge in [0.15, 0.2) is 11.2 Å². The van der Waals surface area contributed by atoms with E-state index in [0.717, 1.165) is 0 Å². The van der Waals surface area contributed by atoms with E-state index in [1.807, 2.05) is 0 Å². The van der Waals surface area contributed by atoms with Crippen molar-refractivity contribution in [3.05, 3.63) is 46.5 Å². The Bertz CT molecular complexity index is 1650. The van der Waals surface area contributed by atoms with Gasteiger partial charge < -0.3 is 39.2 Å². The molecule has 4 rings (SSSR count). The zero-order valence-corrected chi connectivity index (χ0v) is 29.5. The van der Waals surface area contributed by atoms with E-state index in [1.54, 1.807) is 77.8 Å². The van der Waals surface area contributed by atoms with E-state index in [-0.39, 0.29) is 30.7 Å². The number of amides is 3. The molecule has 266 valence electrons. The first kappa shape index (κ1) is 38.3. The molecule has 2 aliphatic rings. The summed E-state index contributed by atoms with van der Waals surface area (Å²) in [5, 5.41) is 11.4. The summed E-state index contributed by atoms with van der Waals surface area (Å²) < 4.78 is 21.2. The van der Waals surface area contributed by atoms with Gasteiger partial charge in [-0.25, -0.2) is 9.59 Å². The molecule has 0 atom stereocenters. The molecule has 2 aliphatic heterocycles. The third kappa shape index (κ3) is 8.67. The van der Waals surface area contributed by atoms with Gasteiger partial charge in [-0.15, -0.1) is 0 Å². The Kier molecular flexibility index (Phi) is 12.0. The quantitative estimate of drug-likeness (QED) is 0.347. The van der Waals surface area contributed by atoms with Crippen LogP contribution in [0.15, 0.2) is 24.3 Å². The molecule has 0 aromatic heterocycles. The molecule has 14 heteroatoms. The Morgan fingerprint density at radius 2 is 1.12 bits per heavy atom. The predicted octanol–water partition coefficient (Wildman–Crippen LogP) is 3.96. The van der Waals surface area contributed by atoms with Gasteiger partial charge in [0.05, 0.1) is 36.7 Å². The molecule has 2 heterocycles. The fourth-order valence-electron chi connectivity index (χ4n) is 5.45. The van der Waals surface area contributed by atoms with Crippen LogP contribution in [-0.2, 0) is 28.7 Å². The van der Waals surface area contributed by atoms with E-state index in [0.29, 0.717) is 70.9 Å². The largest absolute Gasteiger partial charge is 0.481 e. The van der Waals surface area contributed by atoms with Crippen LogP contribution in [0.5, 0.6) is 11.5 Å². The number of carboxylic acids is 1. The van der Waals surface area contributed by atoms with Crippen molar-refractivity contribution in [2.75, 3.05) is 44.2 Å². The standard InChI is InChI=1S/C18H24N2O5.C17H21NO6/c1-11-9-14-13(10-12(11)16(22)24-5)20(8-6-7-15(21)19-4)17(23)18(2,3)25-14;1-10-8-13-12(9-11(10)15(21)23-4)18(7-5-6-14(19)20)16(22)17(2,3)24-13/h9-10H,6-8H2,1-5H3,(H,19,21);8-9H,5-7H2,1-4H3,(H,19,20). The van der Waals surface area contributed by atoms with Crippen molar-refractivity contribution in [2.45, 2.75) is 78.4 Å². The van der Waals surface area contributed by atoms with E-state index in [9.17, 15) is 28.8 Å². The number of rotatable bonds is 10. The second kappa shape index (κ2) is 15.4. The molecule has 2 aromatic rings. The number of nitrogens with one attached hydrogen (secondary N) is 1. The van der Waals surface area contributed by atoms with E-state index < -0.39 is 29.1 Å². The molecule has 0 saturated heterocycles. The Morgan fingerprint density at radius 3 is 1.47 bits per heavy atom. The van der Waals surface area contributed by atoms with Crippen LogP contribution in [0.1, 0.15) is 85.2 Å². The summed E-state index contributed by atoms with van der Waals surface area (Å²) in [4.78, 5) is 74.5. The van der Waals surface area contributed by atoms with Gasteiger partial charge in [-0.2, -0.15) is 0 Å². The Balaban J connectivity index is 0.000000266. The number of aliphatic carboxylic acids is 1. The number of benzene rings is 2. The fourth-order valence-corrected chi connectivity index (χ4v) is 5.45. The molecular weight excluding hydrogens is 638 g/mol. The number of ether oxygens (including phenoxy) is 4. The van der Waals surface area contributed by atoms with Crippen molar-refractivity contribution in [1.29, 1.82) is 0 Å². The first-order valence-electron chi connectivity index (χ1n) is 15.8. The number of aryl methyl sites for hydroxylation is 2. The highest BCUT2D eigenvalue weighted by Crippen LogP contribution is 2.41. The van der Waals surface area contributed by atoms with E-state index >= 15 is 0 Å². The normalized spacial score (nSPS) is 15.4. The summed E-state index contributed by atoms with van der Waals surface area (Å²) >= 11 is 0. The molecular formula is C35H45N3O11. The van der Waals surface area contributed by atoms with Gasteiger partial charge in [0.2, 0.25) is 5.91 Å². The molecule has 3 amide bonds. The monoisotopic (exact) mass is 683 g/mol. The average molecular weight is 684 g/mol. The number of nitrogens with zero attached hydrogens (tertiary/aromatic N) is 2. The Hall–Kier alpha value is -5.14. The molecule has 0 saturated carbocycles. The lowest BCUT2D eigenvalue weighted by molar-refractivity contribution is -0.137. The molecule has 14 nitrogen and oxygen atoms in total. The van der Waals surface area contributed by atoms with Crippen molar-refractivity contribution < 1.29 is 52.8 Å². The number of carbonyl (C=O) groups excluding carboxylic acids is 5. The lowest BCUT2D eigenvalue weighted by Crippen LogP contribution is -2.53. The highest BCUT2D eigenvalue weighted by molar-refractivity contribution is 6.05. The number of hydrogen-bond acceptors (Lipinski definition) is 10. The summed E-state index contributed by atoms with van der Waals surface area (Å²) in [5.41, 5.74) is 1.01. The third-order valence-corrected chi connectivity index (χ3v) is 8.09. The van der Waals surface area contributed by atoms with Crippen LogP contribution in [0.25, 0.3) is 0 Å². The first-order valence-corrected chi connectivity index (χ1v) is 15.8. The lowest BCUT2D eigenvalue weighted by Gasteiger charge is -2.39. The summed E-state index contributed by atoms with van der Waals surface area (Å²) in [7, 11) is 4.18. The lowest BCUT2D eigenvalue weighted by atomic mass is 10.00. The van der Waals surface area contributed by atoms with Crippen LogP contribution in [0.3, 0.4) is 0 Å². The second-order valence-electron chi connectivity index (χ2n) is 12.7. The number of methoxy groups -OCH3 is 2. The molecule has 0 bridgehead atoms. The smallest absolute Gasteiger partial charge is 0.338 e. The van der Waals surface area contributed by atoms with Crippen molar-refractivity contribution in [2.24, 2.45) is 0 Å². The molecule has 2 N–H and O–H groups in total. The molecule has 2 aromatic carbocycles. The predicted molar refractivity (Wildman–Crippen MR) is 179 cm³/mol. The molecule has 0 radical (unpaired) electrons. The highest BCUT2D eigenvalue weighted by atomic mass is 16.5. The van der Waals surface area contributed by atoms with Gasteiger partial charge in [-0.1, -0.05) is 0 Å². The second-order valence-corrected chi connectivity index (χ2v) is 12.7. The maximum Gasteiger partial charge on any atom is 0.338 e. The van der Waals surface area contributed by atoms with E-state index in [4.69, 9.17) is 24.1 Å². The number of carboxylic acid groups (broad SMARTS) is 1. The topological polar surface area (TPSA) is 178 Å². The number of esters is 2. The van der Waals surface area contributed by atoms with Gasteiger partial charge in [0.25, 0.3) is 11.8 Å².